The second kappa shape index (κ2) is 4.24. The summed E-state index contributed by atoms with van der Waals surface area (Å²) < 4.78 is 1.82. The Labute approximate surface area is 110 Å². The number of hydrogen-bond donors (Lipinski definition) is 1. The topological polar surface area (TPSA) is 54.6 Å². The number of carboxylic acid groups (broad SMARTS) is 1. The summed E-state index contributed by atoms with van der Waals surface area (Å²) in [5, 5.41) is 8.93. The van der Waals surface area contributed by atoms with Crippen LogP contribution in [0.3, 0.4) is 0 Å². The molecule has 0 radical (unpaired) electrons. The quantitative estimate of drug-likeness (QED) is 0.762. The van der Waals surface area contributed by atoms with Crippen LogP contribution in [0.2, 0.25) is 0 Å². The normalized spacial score (nSPS) is 10.8. The van der Waals surface area contributed by atoms with Gasteiger partial charge in [0, 0.05) is 17.3 Å². The van der Waals surface area contributed by atoms with E-state index in [2.05, 4.69) is 29.2 Å². The molecule has 4 nitrogen and oxygen atoms in total. The van der Waals surface area contributed by atoms with E-state index in [-0.39, 0.29) is 5.69 Å². The second-order valence-corrected chi connectivity index (χ2v) is 4.51. The molecule has 0 spiro atoms. The SMILES string of the molecule is Cc1ccc(-c2cc3cc(C(=O)O)ncn3c2)cc1. The van der Waals surface area contributed by atoms with Crippen LogP contribution in [0.15, 0.2) is 48.9 Å². The van der Waals surface area contributed by atoms with Gasteiger partial charge >= 0.3 is 5.97 Å². The van der Waals surface area contributed by atoms with E-state index in [1.807, 2.05) is 23.6 Å². The molecule has 0 aliphatic carbocycles. The van der Waals surface area contributed by atoms with Gasteiger partial charge in [0.1, 0.15) is 6.33 Å². The second-order valence-electron chi connectivity index (χ2n) is 4.51. The van der Waals surface area contributed by atoms with Gasteiger partial charge in [0.25, 0.3) is 0 Å². The first-order valence-electron chi connectivity index (χ1n) is 5.91. The number of benzene rings is 1. The van der Waals surface area contributed by atoms with Gasteiger partial charge in [-0.1, -0.05) is 29.8 Å². The van der Waals surface area contributed by atoms with Crippen LogP contribution in [0.1, 0.15) is 16.1 Å². The van der Waals surface area contributed by atoms with Crippen LogP contribution < -0.4 is 0 Å². The molecule has 94 valence electrons. The van der Waals surface area contributed by atoms with E-state index in [0.29, 0.717) is 0 Å². The van der Waals surface area contributed by atoms with Gasteiger partial charge in [-0.2, -0.15) is 0 Å². The molecule has 0 bridgehead atoms. The summed E-state index contributed by atoms with van der Waals surface area (Å²) >= 11 is 0. The number of carbonyl (C=O) groups is 1. The fraction of sp³-hybridized carbons (Fsp3) is 0.0667. The van der Waals surface area contributed by atoms with Crippen molar-refractivity contribution in [2.45, 2.75) is 6.92 Å². The summed E-state index contributed by atoms with van der Waals surface area (Å²) in [7, 11) is 0. The number of hydrogen-bond acceptors (Lipinski definition) is 2. The van der Waals surface area contributed by atoms with Crippen LogP contribution in [0.4, 0.5) is 0 Å². The van der Waals surface area contributed by atoms with E-state index in [1.165, 1.54) is 11.9 Å². The van der Waals surface area contributed by atoms with Gasteiger partial charge in [-0.15, -0.1) is 0 Å². The van der Waals surface area contributed by atoms with Crippen LogP contribution in [0, 0.1) is 6.92 Å². The summed E-state index contributed by atoms with van der Waals surface area (Å²) in [5.74, 6) is -1.01. The Morgan fingerprint density at radius 3 is 2.58 bits per heavy atom. The molecule has 0 atom stereocenters. The highest BCUT2D eigenvalue weighted by molar-refractivity contribution is 5.87. The van der Waals surface area contributed by atoms with E-state index >= 15 is 0 Å². The summed E-state index contributed by atoms with van der Waals surface area (Å²) in [5.41, 5.74) is 4.24. The highest BCUT2D eigenvalue weighted by atomic mass is 16.4. The first kappa shape index (κ1) is 11.5. The number of aryl methyl sites for hydroxylation is 1. The van der Waals surface area contributed by atoms with Gasteiger partial charge in [-0.25, -0.2) is 9.78 Å². The maximum atomic E-state index is 10.9. The molecular formula is C15H12N2O2. The third kappa shape index (κ3) is 2.08. The molecule has 19 heavy (non-hydrogen) atoms. The predicted octanol–water partition coefficient (Wildman–Crippen LogP) is 3.01. The molecule has 2 heterocycles. The number of fused-ring (bicyclic) bond motifs is 1. The van der Waals surface area contributed by atoms with Crippen molar-refractivity contribution in [2.24, 2.45) is 0 Å². The standard InChI is InChI=1S/C15H12N2O2/c1-10-2-4-11(5-3-10)12-6-13-7-14(15(18)19)16-9-17(13)8-12/h2-9H,1H3,(H,18,19). The Hall–Kier alpha value is -2.62. The highest BCUT2D eigenvalue weighted by Crippen LogP contribution is 2.23. The molecule has 3 aromatic rings. The van der Waals surface area contributed by atoms with Gasteiger partial charge in [0.2, 0.25) is 0 Å². The maximum absolute atomic E-state index is 10.9. The van der Waals surface area contributed by atoms with E-state index in [0.717, 1.165) is 16.6 Å². The Morgan fingerprint density at radius 1 is 1.16 bits per heavy atom. The summed E-state index contributed by atoms with van der Waals surface area (Å²) in [4.78, 5) is 14.8. The monoisotopic (exact) mass is 252 g/mol. The average Bonchev–Trinajstić information content (AvgIpc) is 2.82. The Bertz CT molecular complexity index is 757. The minimum absolute atomic E-state index is 0.0565. The van der Waals surface area contributed by atoms with Gasteiger partial charge in [0.15, 0.2) is 5.69 Å². The van der Waals surface area contributed by atoms with Crippen LogP contribution in [0.25, 0.3) is 16.6 Å². The molecule has 0 aliphatic heterocycles. The number of aromatic nitrogens is 2. The molecular weight excluding hydrogens is 240 g/mol. The van der Waals surface area contributed by atoms with E-state index in [4.69, 9.17) is 5.11 Å². The molecule has 0 amide bonds. The summed E-state index contributed by atoms with van der Waals surface area (Å²) in [6.07, 6.45) is 3.47. The Morgan fingerprint density at radius 2 is 1.89 bits per heavy atom. The van der Waals surface area contributed by atoms with E-state index in [9.17, 15) is 4.79 Å². The van der Waals surface area contributed by atoms with Crippen LogP contribution >= 0.6 is 0 Å². The largest absolute Gasteiger partial charge is 0.477 e. The molecule has 0 saturated carbocycles. The van der Waals surface area contributed by atoms with E-state index in [1.54, 1.807) is 6.07 Å². The Kier molecular flexibility index (Phi) is 2.56. The molecule has 1 aromatic carbocycles. The van der Waals surface area contributed by atoms with E-state index < -0.39 is 5.97 Å². The average molecular weight is 252 g/mol. The third-order valence-corrected chi connectivity index (χ3v) is 3.09. The number of aromatic carboxylic acids is 1. The molecule has 3 rings (SSSR count). The van der Waals surface area contributed by atoms with Crippen LogP contribution in [-0.2, 0) is 0 Å². The summed E-state index contributed by atoms with van der Waals surface area (Å²) in [6.45, 7) is 2.04. The predicted molar refractivity (Wildman–Crippen MR) is 72.3 cm³/mol. The van der Waals surface area contributed by atoms with Crippen LogP contribution in [0.5, 0.6) is 0 Å². The van der Waals surface area contributed by atoms with Crippen molar-refractivity contribution in [1.29, 1.82) is 0 Å². The molecule has 0 saturated heterocycles. The molecule has 4 heteroatoms. The molecule has 0 aliphatic rings. The molecule has 0 unspecified atom stereocenters. The molecule has 2 aromatic heterocycles. The van der Waals surface area contributed by atoms with Crippen molar-refractivity contribution < 1.29 is 9.90 Å². The zero-order valence-electron chi connectivity index (χ0n) is 10.4. The van der Waals surface area contributed by atoms with Crippen molar-refractivity contribution >= 4 is 11.5 Å². The van der Waals surface area contributed by atoms with Gasteiger partial charge < -0.3 is 9.51 Å². The zero-order valence-corrected chi connectivity index (χ0v) is 10.4. The Balaban J connectivity index is 2.11. The number of rotatable bonds is 2. The van der Waals surface area contributed by atoms with Gasteiger partial charge in [0.05, 0.1) is 0 Å². The van der Waals surface area contributed by atoms with Crippen molar-refractivity contribution in [2.75, 3.05) is 0 Å². The first-order chi connectivity index (χ1) is 9.13. The van der Waals surface area contributed by atoms with Gasteiger partial charge in [-0.05, 0) is 24.6 Å². The smallest absolute Gasteiger partial charge is 0.354 e. The van der Waals surface area contributed by atoms with Crippen molar-refractivity contribution in [1.82, 2.24) is 9.38 Å². The maximum Gasteiger partial charge on any atom is 0.354 e. The minimum atomic E-state index is -1.01. The minimum Gasteiger partial charge on any atom is -0.477 e. The third-order valence-electron chi connectivity index (χ3n) is 3.09. The lowest BCUT2D eigenvalue weighted by molar-refractivity contribution is 0.0690. The lowest BCUT2D eigenvalue weighted by Gasteiger charge is -1.97. The zero-order chi connectivity index (χ0) is 13.4. The van der Waals surface area contributed by atoms with Gasteiger partial charge in [-0.3, -0.25) is 0 Å². The fourth-order valence-electron chi connectivity index (χ4n) is 2.03. The number of nitrogens with zero attached hydrogens (tertiary/aromatic N) is 2. The first-order valence-corrected chi connectivity index (χ1v) is 5.91. The lowest BCUT2D eigenvalue weighted by Crippen LogP contribution is -2.00. The fourth-order valence-corrected chi connectivity index (χ4v) is 2.03. The highest BCUT2D eigenvalue weighted by Gasteiger charge is 2.07. The lowest BCUT2D eigenvalue weighted by atomic mass is 10.1. The van der Waals surface area contributed by atoms with Crippen molar-refractivity contribution in [3.05, 3.63) is 60.2 Å². The number of carboxylic acids is 1. The van der Waals surface area contributed by atoms with Crippen molar-refractivity contribution in [3.8, 4) is 11.1 Å². The summed E-state index contributed by atoms with van der Waals surface area (Å²) in [6, 6.07) is 11.7. The van der Waals surface area contributed by atoms with Crippen molar-refractivity contribution in [3.63, 3.8) is 0 Å². The van der Waals surface area contributed by atoms with Crippen LogP contribution in [-0.4, -0.2) is 20.5 Å². The molecule has 1 N–H and O–H groups in total. The molecule has 0 fully saturated rings.